The molecule has 0 spiro atoms. The van der Waals surface area contributed by atoms with Gasteiger partial charge in [-0.3, -0.25) is 9.59 Å². The van der Waals surface area contributed by atoms with Gasteiger partial charge in [-0.05, 0) is 134 Å². The van der Waals surface area contributed by atoms with Crippen molar-refractivity contribution in [3.8, 4) is 0 Å². The van der Waals surface area contributed by atoms with Gasteiger partial charge in [-0.2, -0.15) is 61.1 Å². The lowest BCUT2D eigenvalue weighted by Gasteiger charge is -2.37. The molecule has 2 saturated carbocycles. The van der Waals surface area contributed by atoms with E-state index < -0.39 is 17.7 Å². The quantitative estimate of drug-likeness (QED) is 0.0865. The standard InChI is InChI=1S/2C19H20FN5O.C17H17F3N6.C15H16F2N6O/c1-12-9-13(2)25-19(21-12)22-17(23-25)10-18(26)24(16-7-8-16)11-14-3-5-15(20)6-4-14;1-12-9-13(2)25-19(21-12)22-17(23-25)10-18(26)24(15-7-8-15)11-14-5-3-4-6-16(14)20;1-12-9-15(26-16(23-12)21-11-22-26)25-7-5-24(6-8-25)14-4-2-3-13(10-14)17(18,19)20;1-9-6-10(21-24-9)11-4-3-5-22(11)13-7-12(15(2,16)17)20-14-18-8-19-23(13)14/h3-6,9,16H,7-8,10-11H2,1-2H3;3-6,9,15H,7-8,10-11H2,1-2H3;2-4,9-11H,5-8H2,1H3;6-8,11H,3-5H2,1-2H3. The van der Waals surface area contributed by atoms with Crippen molar-refractivity contribution in [3.05, 3.63) is 201 Å². The molecule has 0 N–H and O–H groups in total. The van der Waals surface area contributed by atoms with Gasteiger partial charge in [0.15, 0.2) is 11.6 Å². The van der Waals surface area contributed by atoms with Gasteiger partial charge < -0.3 is 29.0 Å². The molecular weight excluding hydrogens is 1330 g/mol. The zero-order chi connectivity index (χ0) is 71.7. The molecule has 4 fully saturated rings. The maximum Gasteiger partial charge on any atom is 0.416 e. The number of rotatable bonds is 15. The van der Waals surface area contributed by atoms with Gasteiger partial charge in [0.1, 0.15) is 53.1 Å². The van der Waals surface area contributed by atoms with E-state index in [1.165, 1.54) is 53.6 Å². The number of aryl methyl sites for hydroxylation is 6. The maximum atomic E-state index is 14.0. The van der Waals surface area contributed by atoms with Gasteiger partial charge in [-0.25, -0.2) is 37.7 Å². The van der Waals surface area contributed by atoms with Crippen LogP contribution in [0.2, 0.25) is 0 Å². The first-order valence-corrected chi connectivity index (χ1v) is 33.5. The smallest absolute Gasteiger partial charge is 0.368 e. The van der Waals surface area contributed by atoms with Crippen LogP contribution < -0.4 is 14.7 Å². The minimum atomic E-state index is -4.33. The van der Waals surface area contributed by atoms with E-state index in [0.717, 1.165) is 103 Å². The summed E-state index contributed by atoms with van der Waals surface area (Å²) in [5.41, 5.74) is 6.33. The van der Waals surface area contributed by atoms with E-state index in [1.807, 2.05) is 80.5 Å². The highest BCUT2D eigenvalue weighted by molar-refractivity contribution is 5.79. The van der Waals surface area contributed by atoms with Crippen molar-refractivity contribution in [1.29, 1.82) is 0 Å². The van der Waals surface area contributed by atoms with Crippen molar-refractivity contribution in [2.45, 2.75) is 143 Å². The second kappa shape index (κ2) is 28.9. The number of hydrogen-bond donors (Lipinski definition) is 0. The van der Waals surface area contributed by atoms with Gasteiger partial charge in [-0.1, -0.05) is 41.6 Å². The molecule has 0 bridgehead atoms. The van der Waals surface area contributed by atoms with E-state index in [1.54, 1.807) is 54.8 Å². The van der Waals surface area contributed by atoms with Gasteiger partial charge in [-0.15, -0.1) is 10.2 Å². The molecule has 102 heavy (non-hydrogen) atoms. The van der Waals surface area contributed by atoms with E-state index in [4.69, 9.17) is 4.52 Å². The molecule has 16 rings (SSSR count). The second-order valence-corrected chi connectivity index (χ2v) is 26.0. The first kappa shape index (κ1) is 69.4. The number of carbonyl (C=O) groups excluding carboxylic acids is 2. The van der Waals surface area contributed by atoms with Crippen LogP contribution in [0, 0.1) is 53.2 Å². The van der Waals surface area contributed by atoms with E-state index in [9.17, 15) is 40.3 Å². The minimum absolute atomic E-state index is 0.0119. The Hall–Kier alpha value is -11.1. The Morgan fingerprint density at radius 2 is 1.12 bits per heavy atom. The first-order chi connectivity index (χ1) is 48.8. The normalized spacial score (nSPS) is 15.5. The van der Waals surface area contributed by atoms with Crippen LogP contribution in [-0.4, -0.2) is 150 Å². The third kappa shape index (κ3) is 16.1. The van der Waals surface area contributed by atoms with Crippen molar-refractivity contribution < 1.29 is 44.8 Å². The summed E-state index contributed by atoms with van der Waals surface area (Å²) >= 11 is 0. The van der Waals surface area contributed by atoms with Crippen LogP contribution in [0.15, 0.2) is 120 Å². The Bertz CT molecular complexity index is 4990. The molecule has 2 aliphatic carbocycles. The topological polar surface area (TPSA) is 249 Å². The summed E-state index contributed by atoms with van der Waals surface area (Å²) in [6, 6.07) is 27.8. The molecule has 2 saturated heterocycles. The highest BCUT2D eigenvalue weighted by atomic mass is 19.4. The molecule has 12 aromatic rings. The number of anilines is 3. The summed E-state index contributed by atoms with van der Waals surface area (Å²) in [6.07, 6.45) is 4.39. The number of carbonyl (C=O) groups is 2. The molecule has 11 heterocycles. The Morgan fingerprint density at radius 1 is 0.559 bits per heavy atom. The van der Waals surface area contributed by atoms with Crippen LogP contribution in [-0.2, 0) is 47.6 Å². The fraction of sp³-hybridized carbons (Fsp3) is 0.386. The van der Waals surface area contributed by atoms with Gasteiger partial charge in [0.05, 0.1) is 24.4 Å². The van der Waals surface area contributed by atoms with Crippen LogP contribution in [0.5, 0.6) is 0 Å². The van der Waals surface area contributed by atoms with E-state index in [2.05, 4.69) is 70.3 Å². The van der Waals surface area contributed by atoms with Gasteiger partial charge in [0, 0.05) is 123 Å². The first-order valence-electron chi connectivity index (χ1n) is 33.5. The van der Waals surface area contributed by atoms with Crippen LogP contribution in [0.25, 0.3) is 23.1 Å². The zero-order valence-electron chi connectivity index (χ0n) is 57.0. The van der Waals surface area contributed by atoms with Crippen LogP contribution in [0.3, 0.4) is 0 Å². The maximum absolute atomic E-state index is 14.0. The molecule has 2 aliphatic heterocycles. The largest absolute Gasteiger partial charge is 0.416 e. The lowest BCUT2D eigenvalue weighted by Crippen LogP contribution is -2.47. The fourth-order valence-electron chi connectivity index (χ4n) is 12.6. The molecule has 530 valence electrons. The third-order valence-electron chi connectivity index (χ3n) is 17.8. The molecule has 3 aromatic carbocycles. The third-order valence-corrected chi connectivity index (χ3v) is 17.8. The summed E-state index contributed by atoms with van der Waals surface area (Å²) in [7, 11) is 0. The minimum Gasteiger partial charge on any atom is -0.368 e. The second-order valence-electron chi connectivity index (χ2n) is 26.0. The van der Waals surface area contributed by atoms with E-state index >= 15 is 0 Å². The van der Waals surface area contributed by atoms with Gasteiger partial charge in [0.2, 0.25) is 11.8 Å². The van der Waals surface area contributed by atoms with Crippen molar-refractivity contribution >= 4 is 52.2 Å². The van der Waals surface area contributed by atoms with Crippen molar-refractivity contribution in [1.82, 2.24) is 93.3 Å². The molecule has 32 heteroatoms. The lowest BCUT2D eigenvalue weighted by molar-refractivity contribution is -0.137. The molecule has 4 aliphatic rings. The Labute approximate surface area is 580 Å². The van der Waals surface area contributed by atoms with Crippen molar-refractivity contribution in [3.63, 3.8) is 0 Å². The predicted molar refractivity (Wildman–Crippen MR) is 360 cm³/mol. The number of alkyl halides is 5. The lowest BCUT2D eigenvalue weighted by atomic mass is 10.1. The summed E-state index contributed by atoms with van der Waals surface area (Å²) in [4.78, 5) is 69.2. The van der Waals surface area contributed by atoms with Crippen molar-refractivity contribution in [2.75, 3.05) is 47.4 Å². The Balaban J connectivity index is 0.000000121. The summed E-state index contributed by atoms with van der Waals surface area (Å²) in [5, 5.41) is 21.3. The number of fused-ring (bicyclic) bond motifs is 4. The highest BCUT2D eigenvalue weighted by Crippen LogP contribution is 2.39. The average Bonchev–Trinajstić information content (AvgIpc) is 1.56. The molecule has 9 aromatic heterocycles. The molecule has 2 amide bonds. The predicted octanol–water partition coefficient (Wildman–Crippen LogP) is 10.9. The number of benzene rings is 3. The van der Waals surface area contributed by atoms with E-state index in [0.29, 0.717) is 85.3 Å². The van der Waals surface area contributed by atoms with Gasteiger partial charge in [0.25, 0.3) is 29.0 Å². The van der Waals surface area contributed by atoms with Crippen LogP contribution >= 0.6 is 0 Å². The van der Waals surface area contributed by atoms with Crippen molar-refractivity contribution in [2.24, 2.45) is 0 Å². The SMILES string of the molecule is Cc1cc(C)n2nc(CC(=O)N(Cc3ccc(F)cc3)C3CC3)nc2n1.Cc1cc(C)n2nc(CC(=O)N(Cc3ccccc3F)C3CC3)nc2n1.Cc1cc(C2CCCN2c2cc(C(C)(F)F)nc3ncnn23)no1.Cc1cc(N2CCN(c3cccc(C(F)(F)F)c3)CC2)n2ncnc2n1. The highest BCUT2D eigenvalue weighted by Gasteiger charge is 2.37. The zero-order valence-corrected chi connectivity index (χ0v) is 57.0. The number of hydrogen-bond acceptors (Lipinski definition) is 19. The van der Waals surface area contributed by atoms with E-state index in [-0.39, 0.29) is 72.4 Å². The summed E-state index contributed by atoms with van der Waals surface area (Å²) < 4.78 is 105. The number of piperazine rings is 1. The molecule has 1 atom stereocenters. The Morgan fingerprint density at radius 3 is 1.69 bits per heavy atom. The summed E-state index contributed by atoms with van der Waals surface area (Å²) in [5.74, 6) is 1.08. The summed E-state index contributed by atoms with van der Waals surface area (Å²) in [6.45, 7) is 16.3. The van der Waals surface area contributed by atoms with Crippen LogP contribution in [0.1, 0.15) is 125 Å². The van der Waals surface area contributed by atoms with Gasteiger partial charge >= 0.3 is 6.18 Å². The number of nitrogens with zero attached hydrogens (tertiary/aromatic N) is 22. The monoisotopic (exact) mass is 1400 g/mol. The molecule has 0 radical (unpaired) electrons. The molecular formula is C70H73F7N22O3. The number of amides is 2. The van der Waals surface area contributed by atoms with Crippen LogP contribution in [0.4, 0.5) is 48.1 Å². The Kier molecular flexibility index (Phi) is 19.6. The number of aromatic nitrogens is 17. The fourth-order valence-corrected chi connectivity index (χ4v) is 12.6. The number of halogens is 7. The molecule has 1 unspecified atom stereocenters. The average molecular weight is 1400 g/mol. The molecule has 25 nitrogen and oxygen atoms in total.